The van der Waals surface area contributed by atoms with Crippen LogP contribution < -0.4 is 104 Å². The molecule has 0 radical (unpaired) electrons. The second kappa shape index (κ2) is 70.2. The Morgan fingerprint density at radius 2 is 0.410 bits per heavy atom. The molecule has 0 spiro atoms. The Labute approximate surface area is 447 Å². The molecule has 0 saturated heterocycles. The van der Waals surface area contributed by atoms with Gasteiger partial charge in [0.25, 0.3) is 0 Å². The fraction of sp³-hybridized carbons (Fsp3) is 0.904. The van der Waals surface area contributed by atoms with Gasteiger partial charge in [-0.3, -0.25) is 0 Å². The van der Waals surface area contributed by atoms with Crippen molar-refractivity contribution in [2.45, 2.75) is 303 Å². The zero-order chi connectivity index (χ0) is 43.3. The summed E-state index contributed by atoms with van der Waals surface area (Å²) in [6.45, 7) is 6.78. The average molecular weight is 889 g/mol. The van der Waals surface area contributed by atoms with Crippen LogP contribution in [0.25, 0.3) is 0 Å². The first kappa shape index (κ1) is 73.7. The van der Waals surface area contributed by atoms with Gasteiger partial charge in [0, 0.05) is 17.9 Å². The Kier molecular flexibility index (Phi) is 84.8. The van der Waals surface area contributed by atoms with E-state index in [4.69, 9.17) is 0 Å². The summed E-state index contributed by atoms with van der Waals surface area (Å²) < 4.78 is 0. The third kappa shape index (κ3) is 85.1. The van der Waals surface area contributed by atoms with Crippen molar-refractivity contribution in [1.29, 1.82) is 0 Å². The van der Waals surface area contributed by atoms with Gasteiger partial charge in [-0.05, 0) is 64.2 Å². The van der Waals surface area contributed by atoms with Crippen molar-refractivity contribution < 1.29 is 118 Å². The van der Waals surface area contributed by atoms with Crippen LogP contribution in [0.5, 0.6) is 0 Å². The van der Waals surface area contributed by atoms with E-state index in [-0.39, 0.29) is 108 Å². The molecule has 0 amide bonds. The molecule has 0 atom stereocenters. The van der Waals surface area contributed by atoms with Gasteiger partial charge >= 0.3 is 88.7 Å². The summed E-state index contributed by atoms with van der Waals surface area (Å²) in [6.07, 6.45) is 57.7. The van der Waals surface area contributed by atoms with Gasteiger partial charge in [-0.2, -0.15) is 0 Å². The van der Waals surface area contributed by atoms with Gasteiger partial charge in [0.15, 0.2) is 0 Å². The van der Waals surface area contributed by atoms with Crippen molar-refractivity contribution in [2.75, 3.05) is 0 Å². The number of carbonyl (C=O) groups is 3. The number of carboxylic acid groups (broad SMARTS) is 3. The van der Waals surface area contributed by atoms with Gasteiger partial charge in [-0.15, -0.1) is 0 Å². The fourth-order valence-corrected chi connectivity index (χ4v) is 7.27. The minimum atomic E-state index is -0.914. The summed E-state index contributed by atoms with van der Waals surface area (Å²) >= 11 is 0. The van der Waals surface area contributed by atoms with Crippen LogP contribution in [0.1, 0.15) is 303 Å². The van der Waals surface area contributed by atoms with Crippen LogP contribution in [0.4, 0.5) is 0 Å². The first-order valence-electron chi connectivity index (χ1n) is 25.6. The van der Waals surface area contributed by atoms with E-state index in [1.165, 1.54) is 218 Å². The average Bonchev–Trinajstić information content (AvgIpc) is 3.20. The molecule has 0 N–H and O–H groups in total. The predicted octanol–water partition coefficient (Wildman–Crippen LogP) is 5.00. The zero-order valence-corrected chi connectivity index (χ0v) is 48.2. The van der Waals surface area contributed by atoms with E-state index in [2.05, 4.69) is 32.9 Å². The second-order valence-electron chi connectivity index (χ2n) is 17.1. The van der Waals surface area contributed by atoms with Crippen molar-refractivity contribution in [3.8, 4) is 0 Å². The molecule has 0 aliphatic heterocycles. The number of hydrogen-bond acceptors (Lipinski definition) is 6. The number of aliphatic carboxylic acids is 3. The number of hydrogen-bond donors (Lipinski definition) is 0. The molecule has 0 aliphatic carbocycles. The Morgan fingerprint density at radius 1 is 0.262 bits per heavy atom. The monoisotopic (exact) mass is 889 g/mol. The molecule has 0 aliphatic rings. The molecule has 346 valence electrons. The third-order valence-electron chi connectivity index (χ3n) is 11.1. The molecule has 0 aromatic rings. The zero-order valence-electron chi connectivity index (χ0n) is 42.2. The van der Waals surface area contributed by atoms with E-state index in [9.17, 15) is 29.7 Å². The number of rotatable bonds is 45. The van der Waals surface area contributed by atoms with E-state index in [0.29, 0.717) is 0 Å². The molecule has 0 saturated carbocycles. The summed E-state index contributed by atoms with van der Waals surface area (Å²) in [6, 6.07) is 0. The number of unbranched alkanes of at least 4 members (excludes halogenated alkanes) is 37. The smallest absolute Gasteiger partial charge is 0.550 e. The van der Waals surface area contributed by atoms with Crippen LogP contribution in [0, 0.1) is 0 Å². The van der Waals surface area contributed by atoms with Gasteiger partial charge in [0.05, 0.1) is 0 Å². The van der Waals surface area contributed by atoms with E-state index in [1.807, 2.05) is 0 Å². The van der Waals surface area contributed by atoms with E-state index in [1.54, 1.807) is 0 Å². The molecule has 6 nitrogen and oxygen atoms in total. The second-order valence-corrected chi connectivity index (χ2v) is 17.1. The van der Waals surface area contributed by atoms with Crippen LogP contribution in [-0.2, 0) is 14.4 Å². The third-order valence-corrected chi connectivity index (χ3v) is 11.1. The molecular formula is C52H99Na3O6. The van der Waals surface area contributed by atoms with Gasteiger partial charge in [0.2, 0.25) is 0 Å². The maximum absolute atomic E-state index is 10.2. The van der Waals surface area contributed by atoms with Crippen LogP contribution in [0.2, 0.25) is 0 Å². The Bertz CT molecular complexity index is 842. The summed E-state index contributed by atoms with van der Waals surface area (Å²) in [7, 11) is 0. The van der Waals surface area contributed by atoms with Crippen molar-refractivity contribution in [1.82, 2.24) is 0 Å². The summed E-state index contributed by atoms with van der Waals surface area (Å²) in [4.78, 5) is 30.6. The predicted molar refractivity (Wildman–Crippen MR) is 244 cm³/mol. The van der Waals surface area contributed by atoms with E-state index >= 15 is 0 Å². The van der Waals surface area contributed by atoms with Gasteiger partial charge in [-0.1, -0.05) is 251 Å². The maximum Gasteiger partial charge on any atom is 1.00 e. The topological polar surface area (TPSA) is 120 Å². The molecule has 0 aromatic carbocycles. The molecule has 0 bridgehead atoms. The molecule has 0 unspecified atom stereocenters. The van der Waals surface area contributed by atoms with Gasteiger partial charge in [0.1, 0.15) is 0 Å². The summed E-state index contributed by atoms with van der Waals surface area (Å²) in [5.41, 5.74) is 0. The van der Waals surface area contributed by atoms with Crippen LogP contribution in [-0.4, -0.2) is 17.9 Å². The first-order valence-corrected chi connectivity index (χ1v) is 25.6. The molecule has 9 heteroatoms. The normalized spacial score (nSPS) is 10.4. The molecule has 0 rings (SSSR count). The van der Waals surface area contributed by atoms with Crippen LogP contribution in [0.15, 0.2) is 12.2 Å². The largest absolute Gasteiger partial charge is 1.00 e. The van der Waals surface area contributed by atoms with Crippen LogP contribution in [0.3, 0.4) is 0 Å². The van der Waals surface area contributed by atoms with Crippen molar-refractivity contribution in [2.24, 2.45) is 0 Å². The maximum atomic E-state index is 10.2. The number of carbonyl (C=O) groups excluding carboxylic acids is 3. The molecule has 0 fully saturated rings. The van der Waals surface area contributed by atoms with Gasteiger partial charge < -0.3 is 29.7 Å². The molecular weight excluding hydrogens is 790 g/mol. The minimum absolute atomic E-state index is 0. The number of carboxylic acids is 3. The SMILES string of the molecule is CCCCCCCC/C=C\CCCCCCCC(=O)[O-].CCCCCCCCCCCCCCCC(=O)[O-].CCCCCCCCCCCCCCCCCC(=O)[O-].[Na+].[Na+].[Na+]. The van der Waals surface area contributed by atoms with E-state index < -0.39 is 17.9 Å². The Morgan fingerprint density at radius 3 is 0.574 bits per heavy atom. The van der Waals surface area contributed by atoms with Gasteiger partial charge in [-0.25, -0.2) is 0 Å². The standard InChI is InChI=1S/C18H36O2.C18H34O2.C16H32O2.3Na/c2*1-2-3-4-5-6-7-8-9-10-11-12-13-14-15-16-17-18(19)20;1-2-3-4-5-6-7-8-9-10-11-12-13-14-15-16(17)18;;;/h2-17H2,1H3,(H,19,20);9-10H,2-8,11-17H2,1H3,(H,19,20);2-15H2,1H3,(H,17,18);;;/q;;;3*+1/p-3/b;10-9-;;;;. The summed E-state index contributed by atoms with van der Waals surface area (Å²) in [5, 5.41) is 30.6. The van der Waals surface area contributed by atoms with E-state index in [0.717, 1.165) is 44.9 Å². The molecule has 0 aromatic heterocycles. The van der Waals surface area contributed by atoms with Crippen LogP contribution >= 0.6 is 0 Å². The van der Waals surface area contributed by atoms with Crippen molar-refractivity contribution in [3.63, 3.8) is 0 Å². The number of allylic oxidation sites excluding steroid dienone is 2. The van der Waals surface area contributed by atoms with Crippen molar-refractivity contribution >= 4 is 17.9 Å². The molecule has 61 heavy (non-hydrogen) atoms. The Balaban J connectivity index is -0.000000182. The minimum Gasteiger partial charge on any atom is -0.550 e. The molecule has 0 heterocycles. The fourth-order valence-electron chi connectivity index (χ4n) is 7.27. The Hall–Kier alpha value is 1.15. The van der Waals surface area contributed by atoms with Crippen molar-refractivity contribution in [3.05, 3.63) is 12.2 Å². The summed E-state index contributed by atoms with van der Waals surface area (Å²) in [5.74, 6) is -2.72. The first-order chi connectivity index (χ1) is 28.3. The quantitative estimate of drug-likeness (QED) is 0.0483.